The molecule has 0 amide bonds. The topological polar surface area (TPSA) is 17.1 Å². The zero-order valence-electron chi connectivity index (χ0n) is 3.86. The van der Waals surface area contributed by atoms with Crippen LogP contribution < -0.4 is 0 Å². The molecule has 0 aromatic rings. The predicted molar refractivity (Wildman–Crippen MR) is 26.0 cm³/mol. The maximum atomic E-state index is 10.0. The Balaban J connectivity index is 3.26. The molecule has 0 unspecified atom stereocenters. The summed E-state index contributed by atoms with van der Waals surface area (Å²) in [6.45, 7) is 3.13. The van der Waals surface area contributed by atoms with E-state index in [2.05, 4.69) is 0 Å². The van der Waals surface area contributed by atoms with E-state index in [-0.39, 0.29) is 11.2 Å². The Labute approximate surface area is 42.3 Å². The smallest absolute Gasteiger partial charge is 0.147 e. The molecule has 0 radical (unpaired) electrons. The van der Waals surface area contributed by atoms with Crippen LogP contribution in [0.2, 0.25) is 0 Å². The molecule has 0 aliphatic rings. The second kappa shape index (κ2) is 2.19. The summed E-state index contributed by atoms with van der Waals surface area (Å²) in [5.41, 5.74) is 0. The molecular weight excluding hydrogens is 99.5 g/mol. The van der Waals surface area contributed by atoms with E-state index < -0.39 is 0 Å². The van der Waals surface area contributed by atoms with Crippen LogP contribution in [0.1, 0.15) is 13.8 Å². The van der Waals surface area contributed by atoms with Crippen molar-refractivity contribution in [1.29, 1.82) is 0 Å². The number of hydrogen-bond acceptors (Lipinski definition) is 1. The highest BCUT2D eigenvalue weighted by Crippen LogP contribution is 1.91. The third-order valence-corrected chi connectivity index (χ3v) is 0.867. The molecule has 1 atom stereocenters. The molecule has 0 saturated carbocycles. The van der Waals surface area contributed by atoms with Crippen LogP contribution in [0.15, 0.2) is 0 Å². The summed E-state index contributed by atoms with van der Waals surface area (Å²) in [7, 11) is 0. The molecule has 1 nitrogen and oxygen atoms in total. The molecule has 0 aromatic heterocycles. The standard InChI is InChI=1S/C4H7ClO/c1-3(5)4(2)6/h3H,1-2H3/t3-/m1/s1. The third-order valence-electron chi connectivity index (χ3n) is 0.560. The lowest BCUT2D eigenvalue weighted by Crippen LogP contribution is -2.02. The quantitative estimate of drug-likeness (QED) is 0.459. The van der Waals surface area contributed by atoms with Gasteiger partial charge in [-0.25, -0.2) is 0 Å². The van der Waals surface area contributed by atoms with Crippen molar-refractivity contribution in [1.82, 2.24) is 0 Å². The number of halogens is 1. The fourth-order valence-corrected chi connectivity index (χ4v) is 0. The Morgan fingerprint density at radius 1 is 1.83 bits per heavy atom. The fourth-order valence-electron chi connectivity index (χ4n) is 0. The summed E-state index contributed by atoms with van der Waals surface area (Å²) in [4.78, 5) is 10.0. The van der Waals surface area contributed by atoms with Gasteiger partial charge in [-0.15, -0.1) is 11.6 Å². The van der Waals surface area contributed by atoms with E-state index in [1.807, 2.05) is 0 Å². The highest BCUT2D eigenvalue weighted by atomic mass is 35.5. The normalized spacial score (nSPS) is 13.8. The SMILES string of the molecule is CC(=O)[C@@H](C)Cl. The van der Waals surface area contributed by atoms with Gasteiger partial charge in [0.05, 0.1) is 5.38 Å². The van der Waals surface area contributed by atoms with Gasteiger partial charge >= 0.3 is 0 Å². The molecule has 0 rings (SSSR count). The van der Waals surface area contributed by atoms with Crippen molar-refractivity contribution in [3.63, 3.8) is 0 Å². The molecule has 0 fully saturated rings. The van der Waals surface area contributed by atoms with Crippen LogP contribution >= 0.6 is 11.6 Å². The number of Topliss-reactive ketones (excluding diaryl/α,β-unsaturated/α-hetero) is 1. The third kappa shape index (κ3) is 2.21. The van der Waals surface area contributed by atoms with Gasteiger partial charge in [-0.1, -0.05) is 0 Å². The Morgan fingerprint density at radius 2 is 2.00 bits per heavy atom. The Bertz CT molecular complexity index is 58.6. The van der Waals surface area contributed by atoms with Gasteiger partial charge in [0, 0.05) is 0 Å². The van der Waals surface area contributed by atoms with Gasteiger partial charge in [0.15, 0.2) is 0 Å². The minimum atomic E-state index is -0.315. The van der Waals surface area contributed by atoms with Crippen molar-refractivity contribution < 1.29 is 4.79 Å². The van der Waals surface area contributed by atoms with Crippen LogP contribution in [0.3, 0.4) is 0 Å². The monoisotopic (exact) mass is 106 g/mol. The van der Waals surface area contributed by atoms with Gasteiger partial charge in [-0.3, -0.25) is 4.79 Å². The zero-order valence-corrected chi connectivity index (χ0v) is 4.62. The van der Waals surface area contributed by atoms with E-state index in [0.717, 1.165) is 0 Å². The second-order valence-electron chi connectivity index (χ2n) is 1.23. The molecule has 6 heavy (non-hydrogen) atoms. The first-order valence-corrected chi connectivity index (χ1v) is 2.22. The van der Waals surface area contributed by atoms with Crippen LogP contribution in [0.5, 0.6) is 0 Å². The number of alkyl halides is 1. The van der Waals surface area contributed by atoms with Crippen molar-refractivity contribution in [2.45, 2.75) is 19.2 Å². The van der Waals surface area contributed by atoms with Crippen LogP contribution in [0.4, 0.5) is 0 Å². The van der Waals surface area contributed by atoms with Crippen LogP contribution in [0.25, 0.3) is 0 Å². The fraction of sp³-hybridized carbons (Fsp3) is 0.750. The van der Waals surface area contributed by atoms with Gasteiger partial charge in [0.1, 0.15) is 5.78 Å². The highest BCUT2D eigenvalue weighted by molar-refractivity contribution is 6.30. The second-order valence-corrected chi connectivity index (χ2v) is 1.88. The Morgan fingerprint density at radius 3 is 2.00 bits per heavy atom. The molecule has 36 valence electrons. The van der Waals surface area contributed by atoms with E-state index in [4.69, 9.17) is 11.6 Å². The molecule has 0 aromatic carbocycles. The van der Waals surface area contributed by atoms with Crippen molar-refractivity contribution >= 4 is 17.4 Å². The van der Waals surface area contributed by atoms with E-state index >= 15 is 0 Å². The molecule has 0 bridgehead atoms. The Kier molecular flexibility index (Phi) is 2.18. The largest absolute Gasteiger partial charge is 0.298 e. The summed E-state index contributed by atoms with van der Waals surface area (Å²) < 4.78 is 0. The lowest BCUT2D eigenvalue weighted by atomic mass is 10.3. The molecule has 0 heterocycles. The Hall–Kier alpha value is -0.0400. The van der Waals surface area contributed by atoms with Crippen molar-refractivity contribution in [2.75, 3.05) is 0 Å². The lowest BCUT2D eigenvalue weighted by molar-refractivity contribution is -0.116. The maximum absolute atomic E-state index is 10.0. The zero-order chi connectivity index (χ0) is 5.15. The summed E-state index contributed by atoms with van der Waals surface area (Å²) in [5.74, 6) is 0.0247. The lowest BCUT2D eigenvalue weighted by Gasteiger charge is -1.88. The summed E-state index contributed by atoms with van der Waals surface area (Å²) in [6.07, 6.45) is 0. The van der Waals surface area contributed by atoms with Gasteiger partial charge < -0.3 is 0 Å². The van der Waals surface area contributed by atoms with E-state index in [0.29, 0.717) is 0 Å². The first-order valence-electron chi connectivity index (χ1n) is 1.79. The molecule has 0 aliphatic carbocycles. The summed E-state index contributed by atoms with van der Waals surface area (Å²) in [5, 5.41) is -0.315. The van der Waals surface area contributed by atoms with Crippen molar-refractivity contribution in [3.05, 3.63) is 0 Å². The number of ketones is 1. The van der Waals surface area contributed by atoms with Gasteiger partial charge in [-0.05, 0) is 13.8 Å². The first-order chi connectivity index (χ1) is 2.64. The molecular formula is C4H7ClO. The number of carbonyl (C=O) groups is 1. The van der Waals surface area contributed by atoms with Gasteiger partial charge in [0.25, 0.3) is 0 Å². The minimum Gasteiger partial charge on any atom is -0.298 e. The van der Waals surface area contributed by atoms with E-state index in [1.165, 1.54) is 6.92 Å². The minimum absolute atomic E-state index is 0.0247. The van der Waals surface area contributed by atoms with Crippen LogP contribution in [0, 0.1) is 0 Å². The molecule has 0 N–H and O–H groups in total. The van der Waals surface area contributed by atoms with Crippen molar-refractivity contribution in [2.24, 2.45) is 0 Å². The van der Waals surface area contributed by atoms with E-state index in [1.54, 1.807) is 6.92 Å². The van der Waals surface area contributed by atoms with Crippen LogP contribution in [-0.4, -0.2) is 11.2 Å². The first kappa shape index (κ1) is 5.96. The molecule has 2 heteroatoms. The number of carbonyl (C=O) groups excluding carboxylic acids is 1. The average Bonchev–Trinajstić information content (AvgIpc) is 1.36. The molecule has 0 spiro atoms. The number of rotatable bonds is 1. The molecule has 0 aliphatic heterocycles. The average molecular weight is 107 g/mol. The summed E-state index contributed by atoms with van der Waals surface area (Å²) >= 11 is 5.26. The summed E-state index contributed by atoms with van der Waals surface area (Å²) in [6, 6.07) is 0. The van der Waals surface area contributed by atoms with Gasteiger partial charge in [0.2, 0.25) is 0 Å². The van der Waals surface area contributed by atoms with Crippen molar-refractivity contribution in [3.8, 4) is 0 Å². The molecule has 0 saturated heterocycles. The van der Waals surface area contributed by atoms with Gasteiger partial charge in [-0.2, -0.15) is 0 Å². The van der Waals surface area contributed by atoms with Crippen LogP contribution in [-0.2, 0) is 4.79 Å². The van der Waals surface area contributed by atoms with E-state index in [9.17, 15) is 4.79 Å². The number of hydrogen-bond donors (Lipinski definition) is 0. The maximum Gasteiger partial charge on any atom is 0.147 e. The highest BCUT2D eigenvalue weighted by Gasteiger charge is 1.98. The predicted octanol–water partition coefficient (Wildman–Crippen LogP) is 1.20.